The highest BCUT2D eigenvalue weighted by molar-refractivity contribution is 7.89. The Morgan fingerprint density at radius 1 is 0.926 bits per heavy atom. The van der Waals surface area contributed by atoms with Crippen LogP contribution in [-0.4, -0.2) is 14.6 Å². The SMILES string of the molecule is Cc1ccc(S(=O)(=O)N/N=C/c2ccccc2OCc2ccccc2)cc1. The molecule has 6 heteroatoms. The molecule has 0 saturated heterocycles. The zero-order valence-electron chi connectivity index (χ0n) is 14.9. The van der Waals surface area contributed by atoms with Crippen LogP contribution in [0, 0.1) is 6.92 Å². The van der Waals surface area contributed by atoms with Crippen LogP contribution in [0.5, 0.6) is 5.75 Å². The molecule has 0 unspecified atom stereocenters. The van der Waals surface area contributed by atoms with Crippen LogP contribution in [0.15, 0.2) is 88.9 Å². The maximum atomic E-state index is 12.3. The summed E-state index contributed by atoms with van der Waals surface area (Å²) in [5, 5.41) is 3.88. The molecule has 5 nitrogen and oxygen atoms in total. The van der Waals surface area contributed by atoms with Gasteiger partial charge < -0.3 is 4.74 Å². The fourth-order valence-corrected chi connectivity index (χ4v) is 3.18. The molecule has 0 aliphatic carbocycles. The summed E-state index contributed by atoms with van der Waals surface area (Å²) in [7, 11) is -3.70. The minimum absolute atomic E-state index is 0.166. The van der Waals surface area contributed by atoms with Crippen LogP contribution in [0.25, 0.3) is 0 Å². The largest absolute Gasteiger partial charge is 0.488 e. The number of aryl methyl sites for hydroxylation is 1. The molecule has 0 spiro atoms. The van der Waals surface area contributed by atoms with Gasteiger partial charge in [-0.05, 0) is 36.8 Å². The van der Waals surface area contributed by atoms with Gasteiger partial charge in [-0.15, -0.1) is 0 Å². The van der Waals surface area contributed by atoms with Gasteiger partial charge in [0.2, 0.25) is 0 Å². The third-order valence-corrected chi connectivity index (χ3v) is 5.10. The number of hydrogen-bond donors (Lipinski definition) is 1. The molecule has 0 atom stereocenters. The van der Waals surface area contributed by atoms with Crippen molar-refractivity contribution in [3.8, 4) is 5.75 Å². The number of hydrazone groups is 1. The number of hydrogen-bond acceptors (Lipinski definition) is 4. The normalized spacial score (nSPS) is 11.4. The van der Waals surface area contributed by atoms with Crippen molar-refractivity contribution in [1.82, 2.24) is 4.83 Å². The van der Waals surface area contributed by atoms with E-state index in [0.717, 1.165) is 11.1 Å². The lowest BCUT2D eigenvalue weighted by atomic mass is 10.2. The highest BCUT2D eigenvalue weighted by Crippen LogP contribution is 2.18. The molecular weight excluding hydrogens is 360 g/mol. The van der Waals surface area contributed by atoms with E-state index in [1.807, 2.05) is 61.5 Å². The molecule has 3 rings (SSSR count). The van der Waals surface area contributed by atoms with Crippen molar-refractivity contribution in [2.45, 2.75) is 18.4 Å². The molecule has 0 saturated carbocycles. The summed E-state index contributed by atoms with van der Waals surface area (Å²) in [6.45, 7) is 2.31. The average molecular weight is 380 g/mol. The van der Waals surface area contributed by atoms with Crippen LogP contribution >= 0.6 is 0 Å². The first kappa shape index (κ1) is 18.7. The van der Waals surface area contributed by atoms with Gasteiger partial charge in [0, 0.05) is 5.56 Å². The molecule has 0 fully saturated rings. The minimum Gasteiger partial charge on any atom is -0.488 e. The predicted molar refractivity (Wildman–Crippen MR) is 106 cm³/mol. The lowest BCUT2D eigenvalue weighted by molar-refractivity contribution is 0.306. The lowest BCUT2D eigenvalue weighted by Gasteiger charge is -2.09. The quantitative estimate of drug-likeness (QED) is 0.499. The van der Waals surface area contributed by atoms with Gasteiger partial charge in [0.05, 0.1) is 11.1 Å². The molecular formula is C21H20N2O3S. The zero-order chi connectivity index (χ0) is 19.1. The predicted octanol–water partition coefficient (Wildman–Crippen LogP) is 3.89. The fourth-order valence-electron chi connectivity index (χ4n) is 2.39. The van der Waals surface area contributed by atoms with E-state index in [4.69, 9.17) is 4.74 Å². The van der Waals surface area contributed by atoms with Crippen LogP contribution < -0.4 is 9.57 Å². The van der Waals surface area contributed by atoms with Gasteiger partial charge in [0.1, 0.15) is 12.4 Å². The number of ether oxygens (including phenoxy) is 1. The van der Waals surface area contributed by atoms with Crippen molar-refractivity contribution in [2.24, 2.45) is 5.10 Å². The van der Waals surface area contributed by atoms with Gasteiger partial charge in [0.25, 0.3) is 10.0 Å². The fraction of sp³-hybridized carbons (Fsp3) is 0.0952. The first-order valence-corrected chi connectivity index (χ1v) is 9.90. The molecule has 138 valence electrons. The van der Waals surface area contributed by atoms with Crippen molar-refractivity contribution < 1.29 is 13.2 Å². The Bertz CT molecular complexity index is 1010. The van der Waals surface area contributed by atoms with E-state index in [0.29, 0.717) is 17.9 Å². The summed E-state index contributed by atoms with van der Waals surface area (Å²) in [4.78, 5) is 2.40. The van der Waals surface area contributed by atoms with E-state index in [9.17, 15) is 8.42 Å². The average Bonchev–Trinajstić information content (AvgIpc) is 2.68. The van der Waals surface area contributed by atoms with E-state index in [2.05, 4.69) is 9.93 Å². The molecule has 0 amide bonds. The van der Waals surface area contributed by atoms with E-state index in [-0.39, 0.29) is 4.90 Å². The molecule has 0 bridgehead atoms. The number of para-hydroxylation sites is 1. The minimum atomic E-state index is -3.70. The first-order valence-electron chi connectivity index (χ1n) is 8.42. The molecule has 0 aliphatic heterocycles. The Labute approximate surface area is 159 Å². The van der Waals surface area contributed by atoms with Gasteiger partial charge in [-0.25, -0.2) is 4.83 Å². The van der Waals surface area contributed by atoms with Crippen molar-refractivity contribution in [3.05, 3.63) is 95.6 Å². The number of nitrogens with zero attached hydrogens (tertiary/aromatic N) is 1. The molecule has 0 heterocycles. The Morgan fingerprint density at radius 2 is 1.59 bits per heavy atom. The Morgan fingerprint density at radius 3 is 2.33 bits per heavy atom. The van der Waals surface area contributed by atoms with Crippen LogP contribution in [0.1, 0.15) is 16.7 Å². The van der Waals surface area contributed by atoms with Crippen LogP contribution in [0.3, 0.4) is 0 Å². The highest BCUT2D eigenvalue weighted by Gasteiger charge is 2.12. The smallest absolute Gasteiger partial charge is 0.276 e. The zero-order valence-corrected chi connectivity index (χ0v) is 15.7. The highest BCUT2D eigenvalue weighted by atomic mass is 32.2. The molecule has 1 N–H and O–H groups in total. The van der Waals surface area contributed by atoms with E-state index in [1.54, 1.807) is 24.3 Å². The van der Waals surface area contributed by atoms with Crippen LogP contribution in [0.2, 0.25) is 0 Å². The van der Waals surface area contributed by atoms with Gasteiger partial charge in [-0.1, -0.05) is 60.2 Å². The van der Waals surface area contributed by atoms with Gasteiger partial charge in [0.15, 0.2) is 0 Å². The second-order valence-corrected chi connectivity index (χ2v) is 7.64. The lowest BCUT2D eigenvalue weighted by Crippen LogP contribution is -2.18. The molecule has 0 aliphatic rings. The van der Waals surface area contributed by atoms with Gasteiger partial charge in [-0.3, -0.25) is 0 Å². The molecule has 27 heavy (non-hydrogen) atoms. The van der Waals surface area contributed by atoms with Crippen LogP contribution in [0.4, 0.5) is 0 Å². The van der Waals surface area contributed by atoms with Crippen molar-refractivity contribution in [2.75, 3.05) is 0 Å². The third kappa shape index (κ3) is 5.18. The second-order valence-electron chi connectivity index (χ2n) is 5.98. The standard InChI is InChI=1S/C21H20N2O3S/c1-17-11-13-20(14-12-17)27(24,25)23-22-15-19-9-5-6-10-21(19)26-16-18-7-3-2-4-8-18/h2-15,23H,16H2,1H3/b22-15+. The third-order valence-electron chi connectivity index (χ3n) is 3.86. The summed E-state index contributed by atoms with van der Waals surface area (Å²) < 4.78 is 30.4. The number of rotatable bonds is 7. The van der Waals surface area contributed by atoms with Crippen molar-refractivity contribution in [1.29, 1.82) is 0 Å². The maximum absolute atomic E-state index is 12.3. The Balaban J connectivity index is 1.69. The Hall–Kier alpha value is -3.12. The number of nitrogens with one attached hydrogen (secondary N) is 1. The molecule has 3 aromatic rings. The van der Waals surface area contributed by atoms with Crippen molar-refractivity contribution >= 4 is 16.2 Å². The van der Waals surface area contributed by atoms with E-state index < -0.39 is 10.0 Å². The molecule has 0 radical (unpaired) electrons. The second kappa shape index (κ2) is 8.51. The molecule has 0 aromatic heterocycles. The van der Waals surface area contributed by atoms with Crippen molar-refractivity contribution in [3.63, 3.8) is 0 Å². The number of sulfonamides is 1. The monoisotopic (exact) mass is 380 g/mol. The Kier molecular flexibility index (Phi) is 5.88. The summed E-state index contributed by atoms with van der Waals surface area (Å²) in [6, 6.07) is 23.7. The first-order chi connectivity index (χ1) is 13.0. The molecule has 3 aromatic carbocycles. The summed E-state index contributed by atoms with van der Waals surface area (Å²) in [6.07, 6.45) is 1.44. The van der Waals surface area contributed by atoms with Gasteiger partial charge in [-0.2, -0.15) is 13.5 Å². The summed E-state index contributed by atoms with van der Waals surface area (Å²) in [5.74, 6) is 0.625. The summed E-state index contributed by atoms with van der Waals surface area (Å²) in [5.41, 5.74) is 2.71. The van der Waals surface area contributed by atoms with E-state index >= 15 is 0 Å². The maximum Gasteiger partial charge on any atom is 0.276 e. The topological polar surface area (TPSA) is 67.8 Å². The number of benzene rings is 3. The van der Waals surface area contributed by atoms with Gasteiger partial charge >= 0.3 is 0 Å². The van der Waals surface area contributed by atoms with Crippen LogP contribution in [-0.2, 0) is 16.6 Å². The van der Waals surface area contributed by atoms with E-state index in [1.165, 1.54) is 6.21 Å². The summed E-state index contributed by atoms with van der Waals surface area (Å²) >= 11 is 0.